The fourth-order valence-corrected chi connectivity index (χ4v) is 4.65. The van der Waals surface area contributed by atoms with Crippen molar-refractivity contribution >= 4 is 17.6 Å². The molecule has 0 spiro atoms. The van der Waals surface area contributed by atoms with Crippen LogP contribution in [0, 0.1) is 19.8 Å². The Bertz CT molecular complexity index is 896. The molecule has 0 aromatic heterocycles. The Morgan fingerprint density at radius 1 is 1.06 bits per heavy atom. The second-order valence-electron chi connectivity index (χ2n) is 9.19. The topological polar surface area (TPSA) is 55.4 Å². The molecule has 2 aromatic carbocycles. The molecule has 3 rings (SSSR count). The molecule has 1 saturated heterocycles. The maximum Gasteiger partial charge on any atom is 0.314 e. The number of hydrogen-bond donors (Lipinski definition) is 1. The molecule has 1 radical (unpaired) electrons. The van der Waals surface area contributed by atoms with Crippen molar-refractivity contribution in [1.29, 1.82) is 0 Å². The minimum absolute atomic E-state index is 0. The number of amides is 1. The van der Waals surface area contributed by atoms with E-state index in [0.717, 1.165) is 42.7 Å². The number of rotatable bonds is 7. The second-order valence-corrected chi connectivity index (χ2v) is 9.19. The van der Waals surface area contributed by atoms with E-state index in [-0.39, 0.29) is 56.6 Å². The maximum absolute atomic E-state index is 13.2. The molecule has 0 saturated carbocycles. The number of quaternary nitrogens is 1. The Hall–Kier alpha value is -1.56. The van der Waals surface area contributed by atoms with E-state index in [1.807, 2.05) is 64.1 Å². The Kier molecular flexibility index (Phi) is 10.1. The van der Waals surface area contributed by atoms with Crippen molar-refractivity contribution in [3.63, 3.8) is 0 Å². The summed E-state index contributed by atoms with van der Waals surface area (Å²) < 4.78 is 6.08. The van der Waals surface area contributed by atoms with E-state index >= 15 is 0 Å². The van der Waals surface area contributed by atoms with Gasteiger partial charge < -0.3 is 14.5 Å². The van der Waals surface area contributed by atoms with E-state index < -0.39 is 0 Å². The fraction of sp³-hybridized carbons (Fsp3) is 0.462. The van der Waals surface area contributed by atoms with Gasteiger partial charge in [-0.05, 0) is 51.7 Å². The zero-order chi connectivity index (χ0) is 22.4. The molecule has 1 aliphatic heterocycles. The molecule has 1 N–H and O–H groups in total. The van der Waals surface area contributed by atoms with Crippen LogP contribution < -0.4 is 5.32 Å². The molecule has 0 aliphatic carbocycles. The van der Waals surface area contributed by atoms with Crippen molar-refractivity contribution in [2.75, 3.05) is 25.0 Å². The number of benzene rings is 2. The summed E-state index contributed by atoms with van der Waals surface area (Å²) in [5, 5.41) is 3.14. The van der Waals surface area contributed by atoms with Gasteiger partial charge in [0.1, 0.15) is 12.5 Å². The summed E-state index contributed by atoms with van der Waals surface area (Å²) in [6, 6.07) is 16.3. The monoisotopic (exact) mass is 512 g/mol. The first-order valence-electron chi connectivity index (χ1n) is 11.2. The van der Waals surface area contributed by atoms with Gasteiger partial charge in [-0.1, -0.05) is 48.5 Å². The first kappa shape index (κ1) is 26.7. The smallest absolute Gasteiger partial charge is 0.314 e. The summed E-state index contributed by atoms with van der Waals surface area (Å²) >= 11 is 0. The molecule has 32 heavy (non-hydrogen) atoms. The standard InChI is InChI=1S/C26H34N2O3.Y/c1-19(2)31-26(30)23-14-9-15-28(17-23,16-22-12-6-5-7-13-22)18-24(29)27-25-20(3)10-8-11-21(25)4;/h5-8,10-13,19,23H,9,14-18H2,1-4H3;/p+1. The van der Waals surface area contributed by atoms with Gasteiger partial charge in [0.05, 0.1) is 19.2 Å². The van der Waals surface area contributed by atoms with Gasteiger partial charge in [-0.15, -0.1) is 0 Å². The molecule has 5 nitrogen and oxygen atoms in total. The van der Waals surface area contributed by atoms with Crippen LogP contribution in [0.25, 0.3) is 0 Å². The van der Waals surface area contributed by atoms with Crippen LogP contribution in [0.5, 0.6) is 0 Å². The minimum atomic E-state index is -0.173. The molecule has 2 atom stereocenters. The van der Waals surface area contributed by atoms with Crippen LogP contribution in [-0.4, -0.2) is 42.1 Å². The van der Waals surface area contributed by atoms with Gasteiger partial charge in [-0.25, -0.2) is 0 Å². The minimum Gasteiger partial charge on any atom is -0.463 e. The number of para-hydroxylation sites is 1. The number of hydrogen-bond acceptors (Lipinski definition) is 3. The van der Waals surface area contributed by atoms with Crippen molar-refractivity contribution in [1.82, 2.24) is 0 Å². The molecule has 2 unspecified atom stereocenters. The van der Waals surface area contributed by atoms with Crippen LogP contribution in [-0.2, 0) is 53.6 Å². The predicted octanol–water partition coefficient (Wildman–Crippen LogP) is 4.62. The van der Waals surface area contributed by atoms with Crippen molar-refractivity contribution in [3.05, 3.63) is 65.2 Å². The van der Waals surface area contributed by atoms with E-state index in [0.29, 0.717) is 17.6 Å². The Balaban J connectivity index is 0.00000363. The van der Waals surface area contributed by atoms with E-state index in [2.05, 4.69) is 17.4 Å². The molecule has 1 aliphatic rings. The third-order valence-corrected chi connectivity index (χ3v) is 6.06. The molecular formula is C26H35N2O3Y+. The number of nitrogens with one attached hydrogen (secondary N) is 1. The first-order valence-corrected chi connectivity index (χ1v) is 11.2. The molecule has 0 bridgehead atoms. The van der Waals surface area contributed by atoms with Gasteiger partial charge in [0.15, 0.2) is 6.54 Å². The summed E-state index contributed by atoms with van der Waals surface area (Å²) in [7, 11) is 0. The molecule has 2 aromatic rings. The number of aryl methyl sites for hydroxylation is 2. The number of esters is 1. The summed E-state index contributed by atoms with van der Waals surface area (Å²) in [5.74, 6) is -0.320. The normalized spacial score (nSPS) is 20.3. The van der Waals surface area contributed by atoms with Crippen molar-refractivity contribution in [3.8, 4) is 0 Å². The van der Waals surface area contributed by atoms with Crippen LogP contribution >= 0.6 is 0 Å². The molecule has 6 heteroatoms. The molecule has 1 amide bonds. The number of carbonyl (C=O) groups excluding carboxylic acids is 2. The summed E-state index contributed by atoms with van der Waals surface area (Å²) in [6.45, 7) is 10.4. The van der Waals surface area contributed by atoms with Gasteiger partial charge in [-0.3, -0.25) is 9.59 Å². The number of nitrogens with zero attached hydrogens (tertiary/aromatic N) is 1. The SMILES string of the molecule is Cc1cccc(C)c1NC(=O)C[N+]1(Cc2ccccc2)CCCC(C(=O)OC(C)C)C1.[Y]. The largest absolute Gasteiger partial charge is 0.463 e. The average Bonchev–Trinajstić information content (AvgIpc) is 2.71. The number of ether oxygens (including phenoxy) is 1. The summed E-state index contributed by atoms with van der Waals surface area (Å²) in [6.07, 6.45) is 1.60. The van der Waals surface area contributed by atoms with Crippen molar-refractivity contribution in [2.45, 2.75) is 53.2 Å². The summed E-state index contributed by atoms with van der Waals surface area (Å²) in [4.78, 5) is 25.9. The molecule has 1 fully saturated rings. The maximum atomic E-state index is 13.2. The Labute approximate surface area is 217 Å². The zero-order valence-corrected chi connectivity index (χ0v) is 22.6. The molecule has 169 valence electrons. The van der Waals surface area contributed by atoms with E-state index in [1.54, 1.807) is 0 Å². The van der Waals surface area contributed by atoms with Crippen molar-refractivity contribution < 1.29 is 51.5 Å². The van der Waals surface area contributed by atoms with Gasteiger partial charge in [0.2, 0.25) is 0 Å². The van der Waals surface area contributed by atoms with E-state index in [1.165, 1.54) is 5.56 Å². The molecule has 1 heterocycles. The molecular weight excluding hydrogens is 477 g/mol. The van der Waals surface area contributed by atoms with Crippen LogP contribution in [0.4, 0.5) is 5.69 Å². The van der Waals surface area contributed by atoms with Crippen LogP contribution in [0.2, 0.25) is 0 Å². The van der Waals surface area contributed by atoms with Gasteiger partial charge >= 0.3 is 5.97 Å². The van der Waals surface area contributed by atoms with E-state index in [9.17, 15) is 9.59 Å². The van der Waals surface area contributed by atoms with E-state index in [4.69, 9.17) is 4.74 Å². The van der Waals surface area contributed by atoms with Crippen molar-refractivity contribution in [2.24, 2.45) is 5.92 Å². The number of likely N-dealkylation sites (tertiary alicyclic amines) is 1. The number of anilines is 1. The van der Waals surface area contributed by atoms with Crippen LogP contribution in [0.3, 0.4) is 0 Å². The quantitative estimate of drug-likeness (QED) is 0.435. The van der Waals surface area contributed by atoms with Gasteiger partial charge in [-0.2, -0.15) is 0 Å². The first-order chi connectivity index (χ1) is 14.8. The fourth-order valence-electron chi connectivity index (χ4n) is 4.65. The Morgan fingerprint density at radius 2 is 1.72 bits per heavy atom. The third-order valence-electron chi connectivity index (χ3n) is 6.06. The Morgan fingerprint density at radius 3 is 2.34 bits per heavy atom. The second kappa shape index (κ2) is 12.1. The van der Waals surface area contributed by atoms with Crippen LogP contribution in [0.1, 0.15) is 43.4 Å². The van der Waals surface area contributed by atoms with Crippen LogP contribution in [0.15, 0.2) is 48.5 Å². The van der Waals surface area contributed by atoms with Gasteiger partial charge in [0.25, 0.3) is 5.91 Å². The third kappa shape index (κ3) is 7.23. The summed E-state index contributed by atoms with van der Waals surface area (Å²) in [5.41, 5.74) is 4.18. The predicted molar refractivity (Wildman–Crippen MR) is 124 cm³/mol. The number of piperidine rings is 1. The number of carbonyl (C=O) groups is 2. The van der Waals surface area contributed by atoms with Gasteiger partial charge in [0, 0.05) is 44.0 Å². The average molecular weight is 512 g/mol. The zero-order valence-electron chi connectivity index (χ0n) is 19.8.